The van der Waals surface area contributed by atoms with E-state index < -0.39 is 16.1 Å². The first-order chi connectivity index (χ1) is 14.2. The number of nitrogens with one attached hydrogen (secondary N) is 1. The summed E-state index contributed by atoms with van der Waals surface area (Å²) in [6, 6.07) is 8.78. The summed E-state index contributed by atoms with van der Waals surface area (Å²) in [7, 11) is -0.549. The van der Waals surface area contributed by atoms with Gasteiger partial charge in [-0.2, -0.15) is 0 Å². The molecule has 1 N–H and O–H groups in total. The Balaban J connectivity index is 1.70. The van der Waals surface area contributed by atoms with Gasteiger partial charge in [-0.25, -0.2) is 12.7 Å². The zero-order chi connectivity index (χ0) is 21.9. The molecular formula is C21H27N3O5S. The highest BCUT2D eigenvalue weighted by Crippen LogP contribution is 2.22. The molecule has 1 fully saturated rings. The molecule has 0 spiro atoms. The van der Waals surface area contributed by atoms with Gasteiger partial charge >= 0.3 is 0 Å². The molecule has 1 aliphatic heterocycles. The third-order valence-electron chi connectivity index (χ3n) is 5.32. The second-order valence-electron chi connectivity index (χ2n) is 7.57. The quantitative estimate of drug-likeness (QED) is 0.754. The Morgan fingerprint density at radius 3 is 2.47 bits per heavy atom. The van der Waals surface area contributed by atoms with Gasteiger partial charge < -0.3 is 14.6 Å². The number of carbonyl (C=O) groups excluding carboxylic acids is 2. The van der Waals surface area contributed by atoms with Crippen LogP contribution >= 0.6 is 0 Å². The largest absolute Gasteiger partial charge is 0.459 e. The van der Waals surface area contributed by atoms with Crippen LogP contribution in [0.1, 0.15) is 48.3 Å². The monoisotopic (exact) mass is 433 g/mol. The predicted molar refractivity (Wildman–Crippen MR) is 111 cm³/mol. The van der Waals surface area contributed by atoms with Gasteiger partial charge in [-0.3, -0.25) is 9.59 Å². The highest BCUT2D eigenvalue weighted by molar-refractivity contribution is 7.89. The summed E-state index contributed by atoms with van der Waals surface area (Å²) in [5.74, 6) is -0.293. The zero-order valence-corrected chi connectivity index (χ0v) is 18.2. The summed E-state index contributed by atoms with van der Waals surface area (Å²) >= 11 is 0. The lowest BCUT2D eigenvalue weighted by atomic mass is 10.00. The van der Waals surface area contributed by atoms with Gasteiger partial charge in [-0.05, 0) is 56.0 Å². The van der Waals surface area contributed by atoms with Crippen molar-refractivity contribution in [1.82, 2.24) is 14.5 Å². The fraction of sp³-hybridized carbons (Fsp3) is 0.429. The van der Waals surface area contributed by atoms with Crippen LogP contribution in [0.2, 0.25) is 0 Å². The number of carbonyl (C=O) groups is 2. The van der Waals surface area contributed by atoms with Crippen LogP contribution in [-0.2, 0) is 14.8 Å². The molecule has 0 bridgehead atoms. The molecule has 2 atom stereocenters. The molecule has 1 aromatic carbocycles. The van der Waals surface area contributed by atoms with Crippen molar-refractivity contribution >= 4 is 21.8 Å². The molecule has 2 unspecified atom stereocenters. The van der Waals surface area contributed by atoms with Crippen molar-refractivity contribution in [3.63, 3.8) is 0 Å². The van der Waals surface area contributed by atoms with Crippen LogP contribution in [0.3, 0.4) is 0 Å². The summed E-state index contributed by atoms with van der Waals surface area (Å²) in [5.41, 5.74) is 0.778. The third kappa shape index (κ3) is 4.57. The van der Waals surface area contributed by atoms with E-state index in [0.717, 1.165) is 22.7 Å². The number of nitrogens with zero attached hydrogens (tertiary/aromatic N) is 2. The van der Waals surface area contributed by atoms with Gasteiger partial charge in [-0.1, -0.05) is 12.1 Å². The molecule has 162 valence electrons. The van der Waals surface area contributed by atoms with Crippen molar-refractivity contribution in [2.45, 2.75) is 43.2 Å². The van der Waals surface area contributed by atoms with Crippen LogP contribution in [0.5, 0.6) is 0 Å². The smallest absolute Gasteiger partial charge is 0.290 e. The maximum atomic E-state index is 12.9. The fourth-order valence-electron chi connectivity index (χ4n) is 3.52. The summed E-state index contributed by atoms with van der Waals surface area (Å²) in [6.07, 6.45) is 3.73. The van der Waals surface area contributed by atoms with Gasteiger partial charge in [0.15, 0.2) is 5.76 Å². The van der Waals surface area contributed by atoms with Gasteiger partial charge in [0.2, 0.25) is 15.9 Å². The molecule has 9 heteroatoms. The Morgan fingerprint density at radius 1 is 1.17 bits per heavy atom. The minimum absolute atomic E-state index is 0.192. The van der Waals surface area contributed by atoms with E-state index in [4.69, 9.17) is 4.42 Å². The van der Waals surface area contributed by atoms with Gasteiger partial charge in [0, 0.05) is 20.6 Å². The van der Waals surface area contributed by atoms with Crippen molar-refractivity contribution in [1.29, 1.82) is 0 Å². The topological polar surface area (TPSA) is 99.9 Å². The number of likely N-dealkylation sites (tertiary alicyclic amines) is 1. The lowest BCUT2D eigenvalue weighted by molar-refractivity contribution is -0.127. The number of rotatable bonds is 6. The van der Waals surface area contributed by atoms with Crippen molar-refractivity contribution in [2.75, 3.05) is 20.6 Å². The van der Waals surface area contributed by atoms with Crippen molar-refractivity contribution in [3.05, 3.63) is 54.0 Å². The third-order valence-corrected chi connectivity index (χ3v) is 7.15. The van der Waals surface area contributed by atoms with Crippen molar-refractivity contribution in [2.24, 2.45) is 0 Å². The molecule has 1 saturated heterocycles. The van der Waals surface area contributed by atoms with Gasteiger partial charge in [0.05, 0.1) is 17.2 Å². The molecule has 2 heterocycles. The average molecular weight is 434 g/mol. The number of benzene rings is 1. The van der Waals surface area contributed by atoms with E-state index in [1.54, 1.807) is 29.2 Å². The van der Waals surface area contributed by atoms with Crippen LogP contribution in [0.25, 0.3) is 0 Å². The molecule has 2 amide bonds. The lowest BCUT2D eigenvalue weighted by Crippen LogP contribution is -2.52. The number of hydrogen-bond donors (Lipinski definition) is 1. The summed E-state index contributed by atoms with van der Waals surface area (Å²) in [6.45, 7) is 2.33. The first-order valence-electron chi connectivity index (χ1n) is 9.89. The molecule has 1 aliphatic rings. The van der Waals surface area contributed by atoms with Crippen LogP contribution in [0.15, 0.2) is 52.0 Å². The zero-order valence-electron chi connectivity index (χ0n) is 17.4. The van der Waals surface area contributed by atoms with E-state index in [1.165, 1.54) is 32.5 Å². The SMILES string of the molecule is CC(NC(=O)C1CCCCN1C(=O)c1ccco1)c1ccc(S(=O)(=O)N(C)C)cc1. The number of sulfonamides is 1. The van der Waals surface area contributed by atoms with Gasteiger partial charge in [0.1, 0.15) is 6.04 Å². The standard InChI is InChI=1S/C21H27N3O5S/c1-15(16-9-11-17(12-10-16)30(27,28)23(2)3)22-20(25)18-7-4-5-13-24(18)21(26)19-8-6-14-29-19/h6,8-12,14-15,18H,4-5,7,13H2,1-3H3,(H,22,25). The molecule has 1 aromatic heterocycles. The number of furan rings is 1. The summed E-state index contributed by atoms with van der Waals surface area (Å²) < 4.78 is 30.8. The molecule has 0 saturated carbocycles. The number of hydrogen-bond acceptors (Lipinski definition) is 5. The second kappa shape index (κ2) is 9.01. The lowest BCUT2D eigenvalue weighted by Gasteiger charge is -2.34. The van der Waals surface area contributed by atoms with Crippen LogP contribution in [-0.4, -0.2) is 56.1 Å². The molecule has 2 aromatic rings. The molecule has 3 rings (SSSR count). The summed E-state index contributed by atoms with van der Waals surface area (Å²) in [5, 5.41) is 2.95. The molecule has 0 aliphatic carbocycles. The fourth-order valence-corrected chi connectivity index (χ4v) is 4.42. The van der Waals surface area contributed by atoms with Crippen molar-refractivity contribution < 1.29 is 22.4 Å². The number of amides is 2. The van der Waals surface area contributed by atoms with Crippen LogP contribution < -0.4 is 5.32 Å². The van der Waals surface area contributed by atoms with E-state index in [0.29, 0.717) is 13.0 Å². The van der Waals surface area contributed by atoms with E-state index in [2.05, 4.69) is 5.32 Å². The molecule has 8 nitrogen and oxygen atoms in total. The predicted octanol–water partition coefficient (Wildman–Crippen LogP) is 2.40. The first-order valence-corrected chi connectivity index (χ1v) is 11.3. The Hall–Kier alpha value is -2.65. The second-order valence-corrected chi connectivity index (χ2v) is 9.73. The minimum Gasteiger partial charge on any atom is -0.459 e. The normalized spacial score (nSPS) is 18.3. The van der Waals surface area contributed by atoms with E-state index in [1.807, 2.05) is 6.92 Å². The van der Waals surface area contributed by atoms with Gasteiger partial charge in [-0.15, -0.1) is 0 Å². The molecular weight excluding hydrogens is 406 g/mol. The molecule has 30 heavy (non-hydrogen) atoms. The van der Waals surface area contributed by atoms with E-state index in [9.17, 15) is 18.0 Å². The Bertz CT molecular complexity index is 984. The Labute approximate surface area is 176 Å². The minimum atomic E-state index is -3.50. The number of piperidine rings is 1. The van der Waals surface area contributed by atoms with Crippen LogP contribution in [0, 0.1) is 0 Å². The highest BCUT2D eigenvalue weighted by Gasteiger charge is 2.34. The Kier molecular flexibility index (Phi) is 6.62. The van der Waals surface area contributed by atoms with Gasteiger partial charge in [0.25, 0.3) is 5.91 Å². The summed E-state index contributed by atoms with van der Waals surface area (Å²) in [4.78, 5) is 27.4. The maximum Gasteiger partial charge on any atom is 0.290 e. The first kappa shape index (κ1) is 22.0. The highest BCUT2D eigenvalue weighted by atomic mass is 32.2. The maximum absolute atomic E-state index is 12.9. The Morgan fingerprint density at radius 2 is 1.87 bits per heavy atom. The average Bonchev–Trinajstić information content (AvgIpc) is 3.28. The van der Waals surface area contributed by atoms with E-state index in [-0.39, 0.29) is 28.5 Å². The van der Waals surface area contributed by atoms with E-state index >= 15 is 0 Å². The van der Waals surface area contributed by atoms with Crippen molar-refractivity contribution in [3.8, 4) is 0 Å². The molecule has 0 radical (unpaired) electrons. The van der Waals surface area contributed by atoms with Crippen LogP contribution in [0.4, 0.5) is 0 Å².